The van der Waals surface area contributed by atoms with E-state index < -0.39 is 0 Å². The van der Waals surface area contributed by atoms with Crippen LogP contribution in [0.5, 0.6) is 0 Å². The molecule has 0 aromatic carbocycles. The summed E-state index contributed by atoms with van der Waals surface area (Å²) in [4.78, 5) is 2.49. The van der Waals surface area contributed by atoms with E-state index in [0.29, 0.717) is 5.41 Å². The summed E-state index contributed by atoms with van der Waals surface area (Å²) in [5, 5.41) is 3.97. The maximum Gasteiger partial charge on any atom is 0.00966 e. The molecule has 18 heavy (non-hydrogen) atoms. The van der Waals surface area contributed by atoms with Gasteiger partial charge in [0.2, 0.25) is 0 Å². The molecule has 0 bridgehead atoms. The van der Waals surface area contributed by atoms with Gasteiger partial charge in [0.1, 0.15) is 0 Å². The zero-order valence-electron chi connectivity index (χ0n) is 13.0. The Labute approximate surface area is 114 Å². The van der Waals surface area contributed by atoms with E-state index in [4.69, 9.17) is 0 Å². The minimum absolute atomic E-state index is 0.534. The van der Waals surface area contributed by atoms with Crippen LogP contribution in [0.15, 0.2) is 0 Å². The summed E-state index contributed by atoms with van der Waals surface area (Å²) in [5.41, 5.74) is 0.534. The minimum Gasteiger partial charge on any atom is -0.311 e. The molecule has 2 heteroatoms. The molecule has 1 N–H and O–H groups in total. The van der Waals surface area contributed by atoms with Gasteiger partial charge in [-0.15, -0.1) is 0 Å². The molecule has 0 spiro atoms. The van der Waals surface area contributed by atoms with Crippen LogP contribution in [0.3, 0.4) is 0 Å². The molecule has 4 unspecified atom stereocenters. The summed E-state index contributed by atoms with van der Waals surface area (Å²) in [5.74, 6) is 0.884. The molecule has 2 fully saturated rings. The van der Waals surface area contributed by atoms with Crippen LogP contribution in [0.25, 0.3) is 0 Å². The molecule has 2 rings (SSSR count). The van der Waals surface area contributed by atoms with Gasteiger partial charge in [-0.3, -0.25) is 0 Å². The monoisotopic (exact) mass is 252 g/mol. The van der Waals surface area contributed by atoms with Crippen molar-refractivity contribution in [3.05, 3.63) is 0 Å². The molecule has 0 aromatic rings. The summed E-state index contributed by atoms with van der Waals surface area (Å²) in [6.45, 7) is 10.9. The maximum atomic E-state index is 3.97. The molecule has 1 aliphatic heterocycles. The van der Waals surface area contributed by atoms with E-state index in [1.165, 1.54) is 38.6 Å². The van der Waals surface area contributed by atoms with Crippen LogP contribution in [0, 0.1) is 11.3 Å². The Morgan fingerprint density at radius 1 is 1.06 bits per heavy atom. The Morgan fingerprint density at radius 2 is 1.78 bits per heavy atom. The lowest BCUT2D eigenvalue weighted by molar-refractivity contribution is 0.117. The Hall–Kier alpha value is -0.0800. The van der Waals surface area contributed by atoms with Crippen molar-refractivity contribution in [3.63, 3.8) is 0 Å². The zero-order valence-corrected chi connectivity index (χ0v) is 13.0. The highest BCUT2D eigenvalue weighted by Gasteiger charge is 2.33. The zero-order chi connectivity index (χ0) is 13.3. The van der Waals surface area contributed by atoms with E-state index in [9.17, 15) is 0 Å². The molecule has 0 radical (unpaired) electrons. The first kappa shape index (κ1) is 14.3. The van der Waals surface area contributed by atoms with Crippen molar-refractivity contribution < 1.29 is 0 Å². The molecule has 1 saturated carbocycles. The number of likely N-dealkylation sites (tertiary alicyclic amines) is 1. The normalized spacial score (nSPS) is 41.8. The van der Waals surface area contributed by atoms with Gasteiger partial charge in [-0.2, -0.15) is 0 Å². The number of rotatable bonds is 2. The van der Waals surface area contributed by atoms with Crippen LogP contribution in [0.4, 0.5) is 0 Å². The lowest BCUT2D eigenvalue weighted by Gasteiger charge is -2.43. The molecule has 0 aromatic heterocycles. The summed E-state index contributed by atoms with van der Waals surface area (Å²) < 4.78 is 0. The van der Waals surface area contributed by atoms with Gasteiger partial charge in [0.25, 0.3) is 0 Å². The number of hydrogen-bond donors (Lipinski definition) is 1. The maximum absolute atomic E-state index is 3.97. The predicted octanol–water partition coefficient (Wildman–Crippen LogP) is 3.27. The summed E-state index contributed by atoms with van der Waals surface area (Å²) >= 11 is 0. The molecule has 0 amide bonds. The van der Waals surface area contributed by atoms with Gasteiger partial charge < -0.3 is 10.2 Å². The van der Waals surface area contributed by atoms with Crippen LogP contribution < -0.4 is 5.32 Å². The van der Waals surface area contributed by atoms with Crippen molar-refractivity contribution in [1.82, 2.24) is 10.2 Å². The van der Waals surface area contributed by atoms with E-state index in [1.807, 2.05) is 0 Å². The second-order valence-electron chi connectivity index (χ2n) is 7.83. The van der Waals surface area contributed by atoms with E-state index in [2.05, 4.69) is 45.0 Å². The molecular formula is C16H32N2. The van der Waals surface area contributed by atoms with Crippen molar-refractivity contribution in [3.8, 4) is 0 Å². The fourth-order valence-corrected chi connectivity index (χ4v) is 4.25. The second kappa shape index (κ2) is 5.50. The van der Waals surface area contributed by atoms with Gasteiger partial charge in [-0.05, 0) is 64.0 Å². The van der Waals surface area contributed by atoms with Crippen LogP contribution in [0.1, 0.15) is 59.8 Å². The van der Waals surface area contributed by atoms with Gasteiger partial charge >= 0.3 is 0 Å². The topological polar surface area (TPSA) is 15.3 Å². The first-order valence-corrected chi connectivity index (χ1v) is 7.82. The molecule has 1 heterocycles. The predicted molar refractivity (Wildman–Crippen MR) is 78.8 cm³/mol. The van der Waals surface area contributed by atoms with Gasteiger partial charge in [0, 0.05) is 18.1 Å². The third-order valence-corrected chi connectivity index (χ3v) is 5.07. The molecule has 1 aliphatic carbocycles. The average Bonchev–Trinajstić information content (AvgIpc) is 2.20. The van der Waals surface area contributed by atoms with Crippen LogP contribution in [-0.4, -0.2) is 36.6 Å². The van der Waals surface area contributed by atoms with E-state index in [-0.39, 0.29) is 0 Å². The highest BCUT2D eigenvalue weighted by Crippen LogP contribution is 2.38. The lowest BCUT2D eigenvalue weighted by Crippen LogP contribution is -2.50. The second-order valence-corrected chi connectivity index (χ2v) is 7.83. The number of hydrogen-bond acceptors (Lipinski definition) is 2. The van der Waals surface area contributed by atoms with Crippen molar-refractivity contribution in [2.75, 3.05) is 13.6 Å². The molecule has 106 valence electrons. The third kappa shape index (κ3) is 3.71. The highest BCUT2D eigenvalue weighted by molar-refractivity contribution is 4.90. The van der Waals surface area contributed by atoms with Crippen LogP contribution >= 0.6 is 0 Å². The summed E-state index contributed by atoms with van der Waals surface area (Å²) in [6.07, 6.45) is 6.78. The van der Waals surface area contributed by atoms with Crippen molar-refractivity contribution in [1.29, 1.82) is 0 Å². The lowest BCUT2D eigenvalue weighted by atomic mass is 9.70. The number of nitrogens with zero attached hydrogens (tertiary/aromatic N) is 1. The Bertz CT molecular complexity index is 274. The molecule has 2 nitrogen and oxygen atoms in total. The molecular weight excluding hydrogens is 220 g/mol. The fraction of sp³-hybridized carbons (Fsp3) is 1.00. The largest absolute Gasteiger partial charge is 0.311 e. The van der Waals surface area contributed by atoms with Crippen molar-refractivity contribution in [2.24, 2.45) is 11.3 Å². The minimum atomic E-state index is 0.534. The van der Waals surface area contributed by atoms with E-state index in [0.717, 1.165) is 24.0 Å². The van der Waals surface area contributed by atoms with E-state index in [1.54, 1.807) is 0 Å². The first-order valence-electron chi connectivity index (χ1n) is 7.82. The Balaban J connectivity index is 1.86. The first-order chi connectivity index (χ1) is 8.35. The van der Waals surface area contributed by atoms with Crippen molar-refractivity contribution in [2.45, 2.75) is 77.9 Å². The number of piperidine rings is 1. The van der Waals surface area contributed by atoms with Gasteiger partial charge in [-0.25, -0.2) is 0 Å². The third-order valence-electron chi connectivity index (χ3n) is 5.07. The quantitative estimate of drug-likeness (QED) is 0.811. The fourth-order valence-electron chi connectivity index (χ4n) is 4.25. The van der Waals surface area contributed by atoms with Crippen molar-refractivity contribution >= 4 is 0 Å². The SMILES string of the molecule is CC1CC(NC2CCN(C)C(C)C2)CC(C)(C)C1. The van der Waals surface area contributed by atoms with Gasteiger partial charge in [0.05, 0.1) is 0 Å². The Kier molecular flexibility index (Phi) is 4.38. The van der Waals surface area contributed by atoms with Gasteiger partial charge in [0.15, 0.2) is 0 Å². The molecule has 2 aliphatic rings. The van der Waals surface area contributed by atoms with E-state index >= 15 is 0 Å². The van der Waals surface area contributed by atoms with Crippen LogP contribution in [0.2, 0.25) is 0 Å². The molecule has 1 saturated heterocycles. The van der Waals surface area contributed by atoms with Gasteiger partial charge in [-0.1, -0.05) is 20.8 Å². The number of nitrogens with one attached hydrogen (secondary N) is 1. The van der Waals surface area contributed by atoms with Crippen LogP contribution in [-0.2, 0) is 0 Å². The standard InChI is InChI=1S/C16H32N2/c1-12-8-15(11-16(3,4)10-12)17-14-6-7-18(5)13(2)9-14/h12-15,17H,6-11H2,1-5H3. The smallest absolute Gasteiger partial charge is 0.00966 e. The average molecular weight is 252 g/mol. The Morgan fingerprint density at radius 3 is 2.39 bits per heavy atom. The summed E-state index contributed by atoms with van der Waals surface area (Å²) in [7, 11) is 2.26. The summed E-state index contributed by atoms with van der Waals surface area (Å²) in [6, 6.07) is 2.25. The molecule has 4 atom stereocenters. The highest BCUT2D eigenvalue weighted by atomic mass is 15.1.